The molecule has 1 unspecified atom stereocenters. The Hall–Kier alpha value is -2.29. The number of fused-ring (bicyclic) bond motifs is 1. The van der Waals surface area contributed by atoms with E-state index in [0.29, 0.717) is 12.8 Å². The molecule has 1 aliphatic carbocycles. The summed E-state index contributed by atoms with van der Waals surface area (Å²) in [6.45, 7) is 0. The molecule has 0 saturated heterocycles. The monoisotopic (exact) mass is 282 g/mol. The molecule has 2 aromatic rings. The van der Waals surface area contributed by atoms with Crippen molar-refractivity contribution in [1.82, 2.24) is 0 Å². The molecule has 0 saturated carbocycles. The molecule has 2 aromatic carbocycles. The van der Waals surface area contributed by atoms with E-state index in [9.17, 15) is 15.0 Å². The van der Waals surface area contributed by atoms with Crippen LogP contribution >= 0.6 is 0 Å². The van der Waals surface area contributed by atoms with Gasteiger partial charge in [-0.3, -0.25) is 4.79 Å². The first-order chi connectivity index (χ1) is 10.1. The summed E-state index contributed by atoms with van der Waals surface area (Å²) in [6.07, 6.45) is 2.86. The Labute approximate surface area is 123 Å². The number of hydrogen-bond acceptors (Lipinski definition) is 2. The summed E-state index contributed by atoms with van der Waals surface area (Å²) in [7, 11) is 0. The van der Waals surface area contributed by atoms with E-state index in [4.69, 9.17) is 0 Å². The van der Waals surface area contributed by atoms with Crippen molar-refractivity contribution in [2.45, 2.75) is 31.1 Å². The van der Waals surface area contributed by atoms with Gasteiger partial charge < -0.3 is 10.2 Å². The molecule has 2 N–H and O–H groups in total. The van der Waals surface area contributed by atoms with E-state index in [1.54, 1.807) is 18.2 Å². The van der Waals surface area contributed by atoms with Crippen molar-refractivity contribution < 1.29 is 15.0 Å². The Morgan fingerprint density at radius 1 is 1.14 bits per heavy atom. The highest BCUT2D eigenvalue weighted by Gasteiger charge is 2.43. The molecule has 3 nitrogen and oxygen atoms in total. The van der Waals surface area contributed by atoms with Crippen molar-refractivity contribution in [2.24, 2.45) is 0 Å². The molecule has 0 radical (unpaired) electrons. The maximum atomic E-state index is 12.1. The summed E-state index contributed by atoms with van der Waals surface area (Å²) in [5, 5.41) is 19.5. The fourth-order valence-corrected chi connectivity index (χ4v) is 3.42. The lowest BCUT2D eigenvalue weighted by atomic mass is 9.67. The summed E-state index contributed by atoms with van der Waals surface area (Å²) in [5.74, 6) is -0.602. The van der Waals surface area contributed by atoms with Crippen LogP contribution in [0.15, 0.2) is 48.5 Å². The van der Waals surface area contributed by atoms with E-state index in [-0.39, 0.29) is 5.75 Å². The van der Waals surface area contributed by atoms with Crippen LogP contribution in [0.5, 0.6) is 5.75 Å². The molecule has 3 rings (SSSR count). The van der Waals surface area contributed by atoms with Crippen LogP contribution in [0.1, 0.15) is 29.5 Å². The van der Waals surface area contributed by atoms with Gasteiger partial charge in [-0.2, -0.15) is 0 Å². The summed E-state index contributed by atoms with van der Waals surface area (Å²) in [4.78, 5) is 12.1. The maximum Gasteiger partial charge on any atom is 0.314 e. The predicted octanol–water partition coefficient (Wildman–Crippen LogP) is 3.29. The van der Waals surface area contributed by atoms with Crippen molar-refractivity contribution in [3.05, 3.63) is 65.2 Å². The Kier molecular flexibility index (Phi) is 3.42. The summed E-state index contributed by atoms with van der Waals surface area (Å²) < 4.78 is 0. The Morgan fingerprint density at radius 2 is 1.95 bits per heavy atom. The number of aliphatic carboxylic acids is 1. The van der Waals surface area contributed by atoms with Crippen molar-refractivity contribution in [1.29, 1.82) is 0 Å². The molecule has 0 aliphatic heterocycles. The Bertz CT molecular complexity index is 678. The Morgan fingerprint density at radius 3 is 2.71 bits per heavy atom. The Balaban J connectivity index is 2.08. The van der Waals surface area contributed by atoms with E-state index in [2.05, 4.69) is 0 Å². The number of carbonyl (C=O) groups is 1. The first-order valence-corrected chi connectivity index (χ1v) is 7.21. The summed E-state index contributed by atoms with van der Waals surface area (Å²) in [5.41, 5.74) is 2.02. The second-order valence-corrected chi connectivity index (χ2v) is 5.74. The number of rotatable bonds is 3. The zero-order valence-electron chi connectivity index (χ0n) is 11.7. The molecule has 0 heterocycles. The minimum absolute atomic E-state index is 0.178. The van der Waals surface area contributed by atoms with Gasteiger partial charge in [0.05, 0.1) is 5.41 Å². The SMILES string of the molecule is O=C(O)C1(Cc2cccc(O)c2)CCCc2ccccc21. The number of aromatic hydroxyl groups is 1. The van der Waals surface area contributed by atoms with Gasteiger partial charge in [0.15, 0.2) is 0 Å². The number of carboxylic acids is 1. The van der Waals surface area contributed by atoms with Gasteiger partial charge in [0, 0.05) is 0 Å². The molecule has 0 amide bonds. The molecule has 1 aliphatic rings. The molecule has 0 fully saturated rings. The van der Waals surface area contributed by atoms with Crippen molar-refractivity contribution in [2.75, 3.05) is 0 Å². The molecule has 21 heavy (non-hydrogen) atoms. The number of phenols is 1. The standard InChI is InChI=1S/C18H18O3/c19-15-8-3-5-13(11-15)12-18(17(20)21)10-4-7-14-6-1-2-9-16(14)18/h1-3,5-6,8-9,11,19H,4,7,10,12H2,(H,20,21). The van der Waals surface area contributed by atoms with Crippen LogP contribution in [0.2, 0.25) is 0 Å². The van der Waals surface area contributed by atoms with Crippen LogP contribution in [-0.2, 0) is 23.1 Å². The molecular weight excluding hydrogens is 264 g/mol. The molecular formula is C18H18O3. The molecule has 108 valence electrons. The maximum absolute atomic E-state index is 12.1. The lowest BCUT2D eigenvalue weighted by Gasteiger charge is -2.35. The zero-order chi connectivity index (χ0) is 14.9. The molecule has 1 atom stereocenters. The van der Waals surface area contributed by atoms with Crippen LogP contribution in [0.25, 0.3) is 0 Å². The fraction of sp³-hybridized carbons (Fsp3) is 0.278. The lowest BCUT2D eigenvalue weighted by molar-refractivity contribution is -0.144. The van der Waals surface area contributed by atoms with E-state index in [0.717, 1.165) is 29.5 Å². The second-order valence-electron chi connectivity index (χ2n) is 5.74. The normalized spacial score (nSPS) is 20.8. The van der Waals surface area contributed by atoms with E-state index in [1.807, 2.05) is 30.3 Å². The molecule has 0 bridgehead atoms. The lowest BCUT2D eigenvalue weighted by Crippen LogP contribution is -2.41. The predicted molar refractivity (Wildman–Crippen MR) is 80.5 cm³/mol. The third kappa shape index (κ3) is 2.40. The minimum atomic E-state index is -0.886. The van der Waals surface area contributed by atoms with Crippen molar-refractivity contribution in [3.63, 3.8) is 0 Å². The van der Waals surface area contributed by atoms with Gasteiger partial charge in [0.2, 0.25) is 0 Å². The van der Waals surface area contributed by atoms with Gasteiger partial charge in [0.1, 0.15) is 5.75 Å². The largest absolute Gasteiger partial charge is 0.508 e. The summed E-state index contributed by atoms with van der Waals surface area (Å²) in [6, 6.07) is 14.7. The molecule has 0 spiro atoms. The van der Waals surface area contributed by atoms with Crippen LogP contribution in [-0.4, -0.2) is 16.2 Å². The first kappa shape index (κ1) is 13.7. The zero-order valence-corrected chi connectivity index (χ0v) is 11.7. The highest BCUT2D eigenvalue weighted by atomic mass is 16.4. The number of hydrogen-bond donors (Lipinski definition) is 2. The summed E-state index contributed by atoms with van der Waals surface area (Å²) >= 11 is 0. The fourth-order valence-electron chi connectivity index (χ4n) is 3.42. The van der Waals surface area contributed by atoms with Crippen LogP contribution in [0.4, 0.5) is 0 Å². The number of carboxylic acid groups (broad SMARTS) is 1. The van der Waals surface area contributed by atoms with Gasteiger partial charge >= 0.3 is 5.97 Å². The molecule has 0 aromatic heterocycles. The molecule has 3 heteroatoms. The highest BCUT2D eigenvalue weighted by Crippen LogP contribution is 2.40. The van der Waals surface area contributed by atoms with Crippen molar-refractivity contribution in [3.8, 4) is 5.75 Å². The minimum Gasteiger partial charge on any atom is -0.508 e. The average molecular weight is 282 g/mol. The number of phenolic OH excluding ortho intramolecular Hbond substituents is 1. The van der Waals surface area contributed by atoms with Gasteiger partial charge in [-0.1, -0.05) is 36.4 Å². The number of aryl methyl sites for hydroxylation is 1. The topological polar surface area (TPSA) is 57.5 Å². The second kappa shape index (κ2) is 5.24. The first-order valence-electron chi connectivity index (χ1n) is 7.21. The van der Waals surface area contributed by atoms with Gasteiger partial charge in [-0.15, -0.1) is 0 Å². The van der Waals surface area contributed by atoms with Crippen molar-refractivity contribution >= 4 is 5.97 Å². The third-order valence-electron chi connectivity index (χ3n) is 4.41. The average Bonchev–Trinajstić information content (AvgIpc) is 2.47. The van der Waals surface area contributed by atoms with E-state index >= 15 is 0 Å². The van der Waals surface area contributed by atoms with Gasteiger partial charge in [0.25, 0.3) is 0 Å². The van der Waals surface area contributed by atoms with Gasteiger partial charge in [-0.05, 0) is 54.5 Å². The van der Waals surface area contributed by atoms with E-state index < -0.39 is 11.4 Å². The van der Waals surface area contributed by atoms with Crippen LogP contribution in [0, 0.1) is 0 Å². The quantitative estimate of drug-likeness (QED) is 0.908. The van der Waals surface area contributed by atoms with Gasteiger partial charge in [-0.25, -0.2) is 0 Å². The van der Waals surface area contributed by atoms with E-state index in [1.165, 1.54) is 0 Å². The smallest absolute Gasteiger partial charge is 0.314 e. The number of benzene rings is 2. The van der Waals surface area contributed by atoms with Crippen LogP contribution in [0.3, 0.4) is 0 Å². The third-order valence-corrected chi connectivity index (χ3v) is 4.41. The van der Waals surface area contributed by atoms with Crippen LogP contribution < -0.4 is 0 Å². The highest BCUT2D eigenvalue weighted by molar-refractivity contribution is 5.83.